The molecule has 0 aliphatic heterocycles. The van der Waals surface area contributed by atoms with Crippen LogP contribution in [-0.2, 0) is 13.0 Å². The number of aliphatic hydroxyl groups excluding tert-OH is 1. The predicted molar refractivity (Wildman–Crippen MR) is 59.4 cm³/mol. The molecule has 0 aromatic carbocycles. The maximum absolute atomic E-state index is 8.85. The highest BCUT2D eigenvalue weighted by molar-refractivity contribution is 8.11. The zero-order valence-electron chi connectivity index (χ0n) is 7.40. The fraction of sp³-hybridized carbons (Fsp3) is 0.500. The molecule has 1 rings (SSSR count). The molecule has 0 spiro atoms. The van der Waals surface area contributed by atoms with E-state index in [1.165, 1.54) is 0 Å². The van der Waals surface area contributed by atoms with E-state index >= 15 is 0 Å². The third-order valence-corrected chi connectivity index (χ3v) is 2.24. The molecule has 0 aliphatic carbocycles. The molecule has 0 amide bonds. The van der Waals surface area contributed by atoms with Crippen LogP contribution in [0.3, 0.4) is 0 Å². The van der Waals surface area contributed by atoms with Crippen LogP contribution < -0.4 is 0 Å². The molecule has 72 valence electrons. The average molecular weight is 216 g/mol. The van der Waals surface area contributed by atoms with E-state index < -0.39 is 0 Å². The fourth-order valence-corrected chi connectivity index (χ4v) is 1.56. The van der Waals surface area contributed by atoms with Gasteiger partial charge in [0.1, 0.15) is 5.82 Å². The first-order chi connectivity index (χ1) is 6.20. The van der Waals surface area contributed by atoms with Crippen molar-refractivity contribution in [3.05, 3.63) is 17.7 Å². The lowest BCUT2D eigenvalue weighted by atomic mass is 10.4. The van der Waals surface area contributed by atoms with Gasteiger partial charge in [0, 0.05) is 13.0 Å². The van der Waals surface area contributed by atoms with Gasteiger partial charge < -0.3 is 9.67 Å². The van der Waals surface area contributed by atoms with Gasteiger partial charge in [-0.15, -0.1) is 12.6 Å². The molecule has 13 heavy (non-hydrogen) atoms. The molecule has 1 aromatic heterocycles. The van der Waals surface area contributed by atoms with Crippen LogP contribution in [-0.4, -0.2) is 25.5 Å². The molecule has 0 saturated carbocycles. The molecule has 5 heteroatoms. The van der Waals surface area contributed by atoms with Gasteiger partial charge in [-0.2, -0.15) is 0 Å². The summed E-state index contributed by atoms with van der Waals surface area (Å²) in [4.78, 5) is 4.19. The first kappa shape index (κ1) is 10.7. The third kappa shape index (κ3) is 2.30. The van der Waals surface area contributed by atoms with Crippen molar-refractivity contribution in [1.82, 2.24) is 9.55 Å². The maximum atomic E-state index is 8.85. The summed E-state index contributed by atoms with van der Waals surface area (Å²) in [6.07, 6.45) is 2.53. The van der Waals surface area contributed by atoms with Crippen molar-refractivity contribution in [2.24, 2.45) is 0 Å². The topological polar surface area (TPSA) is 38.0 Å². The van der Waals surface area contributed by atoms with Crippen molar-refractivity contribution in [3.63, 3.8) is 0 Å². The van der Waals surface area contributed by atoms with Crippen molar-refractivity contribution in [3.8, 4) is 0 Å². The van der Waals surface area contributed by atoms with E-state index in [0.29, 0.717) is 10.7 Å². The number of hydrogen-bond donors (Lipinski definition) is 2. The summed E-state index contributed by atoms with van der Waals surface area (Å²) < 4.78 is 2.41. The average Bonchev–Trinajstić information content (AvgIpc) is 2.48. The van der Waals surface area contributed by atoms with Crippen LogP contribution in [0.4, 0.5) is 0 Å². The Morgan fingerprint density at radius 3 is 2.92 bits per heavy atom. The highest BCUT2D eigenvalue weighted by Gasteiger charge is 2.09. The van der Waals surface area contributed by atoms with Gasteiger partial charge in [-0.3, -0.25) is 0 Å². The number of rotatable bonds is 4. The number of aryl methyl sites for hydroxylation is 1. The van der Waals surface area contributed by atoms with Gasteiger partial charge in [0.05, 0.1) is 22.7 Å². The Morgan fingerprint density at radius 2 is 2.46 bits per heavy atom. The molecule has 1 aromatic rings. The van der Waals surface area contributed by atoms with Gasteiger partial charge in [0.15, 0.2) is 0 Å². The van der Waals surface area contributed by atoms with Crippen LogP contribution in [0, 0.1) is 0 Å². The van der Waals surface area contributed by atoms with Gasteiger partial charge in [-0.05, 0) is 0 Å². The van der Waals surface area contributed by atoms with E-state index in [2.05, 4.69) is 17.6 Å². The number of aromatic nitrogens is 2. The molecule has 0 saturated heterocycles. The minimum absolute atomic E-state index is 0.0900. The second-order valence-corrected chi connectivity index (χ2v) is 3.75. The second-order valence-electron chi connectivity index (χ2n) is 2.59. The molecular formula is C8H12N2OS2. The lowest BCUT2D eigenvalue weighted by molar-refractivity contribution is 0.274. The first-order valence-electron chi connectivity index (χ1n) is 4.09. The number of thiocarbonyl (C=S) groups is 1. The second kappa shape index (κ2) is 4.74. The molecule has 1 heterocycles. The number of nitrogens with zero attached hydrogens (tertiary/aromatic N) is 2. The number of imidazole rings is 1. The first-order valence-corrected chi connectivity index (χ1v) is 4.94. The molecular weight excluding hydrogens is 204 g/mol. The van der Waals surface area contributed by atoms with Gasteiger partial charge in [-0.1, -0.05) is 19.1 Å². The van der Waals surface area contributed by atoms with Gasteiger partial charge in [-0.25, -0.2) is 4.98 Å². The van der Waals surface area contributed by atoms with Crippen molar-refractivity contribution in [2.45, 2.75) is 19.9 Å². The largest absolute Gasteiger partial charge is 0.395 e. The number of hydrogen-bond acceptors (Lipinski definition) is 3. The summed E-state index contributed by atoms with van der Waals surface area (Å²) in [6.45, 7) is 2.63. The zero-order valence-corrected chi connectivity index (χ0v) is 9.11. The molecule has 0 bridgehead atoms. The minimum Gasteiger partial charge on any atom is -0.395 e. The van der Waals surface area contributed by atoms with Crippen LogP contribution in [0.25, 0.3) is 0 Å². The van der Waals surface area contributed by atoms with Gasteiger partial charge >= 0.3 is 0 Å². The van der Waals surface area contributed by atoms with Crippen molar-refractivity contribution in [2.75, 3.05) is 6.61 Å². The van der Waals surface area contributed by atoms with Crippen LogP contribution in [0.2, 0.25) is 0 Å². The summed E-state index contributed by atoms with van der Waals surface area (Å²) >= 11 is 9.04. The van der Waals surface area contributed by atoms with Crippen LogP contribution in [0.15, 0.2) is 6.20 Å². The summed E-state index contributed by atoms with van der Waals surface area (Å²) in [5.41, 5.74) is 0.809. The van der Waals surface area contributed by atoms with E-state index in [0.717, 1.165) is 17.9 Å². The quantitative estimate of drug-likeness (QED) is 0.583. The highest BCUT2D eigenvalue weighted by atomic mass is 32.1. The lowest BCUT2D eigenvalue weighted by Gasteiger charge is -2.07. The van der Waals surface area contributed by atoms with E-state index in [1.54, 1.807) is 6.20 Å². The summed E-state index contributed by atoms with van der Waals surface area (Å²) in [5, 5.41) is 8.85. The van der Waals surface area contributed by atoms with Crippen molar-refractivity contribution >= 4 is 29.0 Å². The summed E-state index contributed by atoms with van der Waals surface area (Å²) in [7, 11) is 0. The normalized spacial score (nSPS) is 10.4. The van der Waals surface area contributed by atoms with Crippen LogP contribution >= 0.6 is 24.8 Å². The maximum Gasteiger partial charge on any atom is 0.108 e. The zero-order chi connectivity index (χ0) is 9.84. The number of thiol groups is 1. The van der Waals surface area contributed by atoms with Crippen molar-refractivity contribution in [1.29, 1.82) is 0 Å². The van der Waals surface area contributed by atoms with Crippen LogP contribution in [0.5, 0.6) is 0 Å². The molecule has 0 radical (unpaired) electrons. The monoisotopic (exact) mass is 216 g/mol. The van der Waals surface area contributed by atoms with Crippen LogP contribution in [0.1, 0.15) is 18.4 Å². The van der Waals surface area contributed by atoms with Crippen molar-refractivity contribution < 1.29 is 5.11 Å². The molecule has 1 N–H and O–H groups in total. The Morgan fingerprint density at radius 1 is 1.77 bits per heavy atom. The summed E-state index contributed by atoms with van der Waals surface area (Å²) in [5.74, 6) is 0.931. The standard InChI is InChI=1S/C8H12N2OS2/c1-2-7-9-5-6(8(12)13)10(7)3-4-11/h5,11H,2-4H2,1H3,(H,12,13). The smallest absolute Gasteiger partial charge is 0.108 e. The number of aliphatic hydroxyl groups is 1. The highest BCUT2D eigenvalue weighted by Crippen LogP contribution is 2.09. The fourth-order valence-electron chi connectivity index (χ4n) is 1.22. The molecule has 3 nitrogen and oxygen atoms in total. The Labute approximate surface area is 88.2 Å². The van der Waals surface area contributed by atoms with Gasteiger partial charge in [0.2, 0.25) is 0 Å². The van der Waals surface area contributed by atoms with E-state index in [-0.39, 0.29) is 6.61 Å². The lowest BCUT2D eigenvalue weighted by Crippen LogP contribution is -2.11. The Kier molecular flexibility index (Phi) is 3.90. The van der Waals surface area contributed by atoms with E-state index in [4.69, 9.17) is 17.3 Å². The molecule has 0 fully saturated rings. The SMILES string of the molecule is CCc1ncc(C(=S)S)n1CCO. The predicted octanol–water partition coefficient (Wildman–Crippen LogP) is 1.04. The Balaban J connectivity index is 3.06. The summed E-state index contributed by atoms with van der Waals surface area (Å²) in [6, 6.07) is 0. The van der Waals surface area contributed by atoms with Gasteiger partial charge in [0.25, 0.3) is 0 Å². The minimum atomic E-state index is 0.0900. The molecule has 0 unspecified atom stereocenters. The molecule has 0 aliphatic rings. The van der Waals surface area contributed by atoms with E-state index in [9.17, 15) is 0 Å². The third-order valence-electron chi connectivity index (χ3n) is 1.80. The Hall–Kier alpha value is -0.390. The molecule has 0 atom stereocenters. The van der Waals surface area contributed by atoms with E-state index in [1.807, 2.05) is 11.5 Å². The Bertz CT molecular complexity index is 309.